The van der Waals surface area contributed by atoms with Crippen molar-refractivity contribution in [1.29, 1.82) is 0 Å². The van der Waals surface area contributed by atoms with Crippen molar-refractivity contribution < 1.29 is 4.79 Å². The minimum atomic E-state index is -0.212. The van der Waals surface area contributed by atoms with Crippen LogP contribution in [0.25, 0.3) is 0 Å². The average molecular weight is 321 g/mol. The smallest absolute Gasteiger partial charge is 0.255 e. The molecule has 0 unspecified atom stereocenters. The number of aryl methyl sites for hydroxylation is 1. The van der Waals surface area contributed by atoms with Crippen LogP contribution in [0.3, 0.4) is 0 Å². The quantitative estimate of drug-likeness (QED) is 0.600. The molecule has 2 aromatic rings. The van der Waals surface area contributed by atoms with Crippen LogP contribution >= 0.6 is 15.9 Å². The van der Waals surface area contributed by atoms with Crippen molar-refractivity contribution in [2.45, 2.75) is 6.92 Å². The summed E-state index contributed by atoms with van der Waals surface area (Å²) < 4.78 is 0.918. The van der Waals surface area contributed by atoms with Crippen LogP contribution in [-0.4, -0.2) is 10.9 Å². The van der Waals surface area contributed by atoms with Crippen LogP contribution < -0.4 is 16.6 Å². The number of carbonyl (C=O) groups excluding carboxylic acids is 1. The van der Waals surface area contributed by atoms with Gasteiger partial charge >= 0.3 is 0 Å². The monoisotopic (exact) mass is 320 g/mol. The number of hydrazine groups is 1. The molecule has 98 valence electrons. The summed E-state index contributed by atoms with van der Waals surface area (Å²) in [6.45, 7) is 1.96. The minimum absolute atomic E-state index is 0.212. The van der Waals surface area contributed by atoms with E-state index < -0.39 is 0 Å². The number of anilines is 2. The van der Waals surface area contributed by atoms with Gasteiger partial charge in [-0.3, -0.25) is 4.79 Å². The van der Waals surface area contributed by atoms with Gasteiger partial charge in [0, 0.05) is 21.9 Å². The fourth-order valence-electron chi connectivity index (χ4n) is 1.66. The Balaban J connectivity index is 2.20. The second-order valence-corrected chi connectivity index (χ2v) is 4.96. The first-order valence-electron chi connectivity index (χ1n) is 5.59. The highest BCUT2D eigenvalue weighted by Gasteiger charge is 2.07. The van der Waals surface area contributed by atoms with E-state index in [1.54, 1.807) is 12.1 Å². The van der Waals surface area contributed by atoms with E-state index in [1.807, 2.05) is 25.1 Å². The van der Waals surface area contributed by atoms with E-state index in [4.69, 9.17) is 5.84 Å². The highest BCUT2D eigenvalue weighted by Crippen LogP contribution is 2.19. The van der Waals surface area contributed by atoms with Gasteiger partial charge < -0.3 is 10.7 Å². The molecule has 1 aromatic carbocycles. The third-order valence-electron chi connectivity index (χ3n) is 2.47. The number of rotatable bonds is 3. The molecule has 1 aromatic heterocycles. The van der Waals surface area contributed by atoms with Gasteiger partial charge in [-0.05, 0) is 42.8 Å². The van der Waals surface area contributed by atoms with E-state index in [-0.39, 0.29) is 5.91 Å². The lowest BCUT2D eigenvalue weighted by Crippen LogP contribution is -2.14. The molecule has 0 spiro atoms. The zero-order valence-electron chi connectivity index (χ0n) is 10.3. The number of benzene rings is 1. The summed E-state index contributed by atoms with van der Waals surface area (Å²) in [6.07, 6.45) is 1.52. The van der Waals surface area contributed by atoms with Gasteiger partial charge in [-0.2, -0.15) is 0 Å². The van der Waals surface area contributed by atoms with Crippen molar-refractivity contribution in [3.05, 3.63) is 52.1 Å². The van der Waals surface area contributed by atoms with Crippen LogP contribution in [0.15, 0.2) is 41.0 Å². The third kappa shape index (κ3) is 3.52. The predicted octanol–water partition coefficient (Wildman–Crippen LogP) is 2.69. The van der Waals surface area contributed by atoms with Gasteiger partial charge in [0.1, 0.15) is 5.82 Å². The summed E-state index contributed by atoms with van der Waals surface area (Å²) in [5.41, 5.74) is 4.68. The Morgan fingerprint density at radius 3 is 2.79 bits per heavy atom. The number of nitrogens with zero attached hydrogens (tertiary/aromatic N) is 1. The van der Waals surface area contributed by atoms with Crippen LogP contribution in [0.1, 0.15) is 15.9 Å². The van der Waals surface area contributed by atoms with Gasteiger partial charge in [-0.1, -0.05) is 15.9 Å². The number of nitrogens with two attached hydrogens (primary N) is 1. The lowest BCUT2D eigenvalue weighted by Gasteiger charge is -2.08. The lowest BCUT2D eigenvalue weighted by molar-refractivity contribution is 0.102. The number of aromatic nitrogens is 1. The first-order chi connectivity index (χ1) is 9.08. The molecule has 0 aliphatic rings. The normalized spacial score (nSPS) is 10.1. The summed E-state index contributed by atoms with van der Waals surface area (Å²) >= 11 is 3.39. The van der Waals surface area contributed by atoms with E-state index in [2.05, 4.69) is 31.7 Å². The molecule has 4 N–H and O–H groups in total. The molecule has 19 heavy (non-hydrogen) atoms. The van der Waals surface area contributed by atoms with Crippen LogP contribution in [0, 0.1) is 6.92 Å². The van der Waals surface area contributed by atoms with E-state index in [1.165, 1.54) is 6.20 Å². The highest BCUT2D eigenvalue weighted by atomic mass is 79.9. The summed E-state index contributed by atoms with van der Waals surface area (Å²) in [5.74, 6) is 5.49. The van der Waals surface area contributed by atoms with Crippen molar-refractivity contribution in [3.63, 3.8) is 0 Å². The molecule has 0 atom stereocenters. The van der Waals surface area contributed by atoms with Crippen molar-refractivity contribution in [2.24, 2.45) is 5.84 Å². The van der Waals surface area contributed by atoms with Gasteiger partial charge in [-0.25, -0.2) is 10.8 Å². The van der Waals surface area contributed by atoms with E-state index >= 15 is 0 Å². The molecule has 0 aliphatic heterocycles. The van der Waals surface area contributed by atoms with Gasteiger partial charge in [0.25, 0.3) is 5.91 Å². The van der Waals surface area contributed by atoms with Crippen LogP contribution in [-0.2, 0) is 0 Å². The van der Waals surface area contributed by atoms with Gasteiger partial charge in [0.15, 0.2) is 0 Å². The van der Waals surface area contributed by atoms with Crippen molar-refractivity contribution in [3.8, 4) is 0 Å². The Morgan fingerprint density at radius 1 is 1.32 bits per heavy atom. The Bertz CT molecular complexity index is 595. The molecular weight excluding hydrogens is 308 g/mol. The Morgan fingerprint density at radius 2 is 2.11 bits per heavy atom. The first kappa shape index (κ1) is 13.5. The number of nitrogen functional groups attached to an aromatic ring is 1. The SMILES string of the molecule is Cc1cc(Br)cc(NC(=O)c2ccnc(NN)c2)c1. The highest BCUT2D eigenvalue weighted by molar-refractivity contribution is 9.10. The fraction of sp³-hybridized carbons (Fsp3) is 0.0769. The number of carbonyl (C=O) groups is 1. The maximum absolute atomic E-state index is 12.1. The fourth-order valence-corrected chi connectivity index (χ4v) is 2.27. The summed E-state index contributed by atoms with van der Waals surface area (Å²) in [7, 11) is 0. The summed E-state index contributed by atoms with van der Waals surface area (Å²) in [6, 6.07) is 8.92. The van der Waals surface area contributed by atoms with Gasteiger partial charge in [0.05, 0.1) is 0 Å². The van der Waals surface area contributed by atoms with E-state index in [0.717, 1.165) is 15.7 Å². The summed E-state index contributed by atoms with van der Waals surface area (Å²) in [5, 5.41) is 2.83. The predicted molar refractivity (Wildman–Crippen MR) is 78.9 cm³/mol. The topological polar surface area (TPSA) is 80.0 Å². The summed E-state index contributed by atoms with van der Waals surface area (Å²) in [4.78, 5) is 16.0. The second kappa shape index (κ2) is 5.81. The molecule has 1 heterocycles. The van der Waals surface area contributed by atoms with E-state index in [9.17, 15) is 4.79 Å². The van der Waals surface area contributed by atoms with Crippen molar-refractivity contribution >= 4 is 33.3 Å². The molecule has 0 fully saturated rings. The number of hydrogen-bond acceptors (Lipinski definition) is 4. The Labute approximate surface area is 119 Å². The first-order valence-corrected chi connectivity index (χ1v) is 6.39. The van der Waals surface area contributed by atoms with Crippen LogP contribution in [0.2, 0.25) is 0 Å². The molecule has 5 nitrogen and oxygen atoms in total. The Hall–Kier alpha value is -1.92. The standard InChI is InChI=1S/C13H13BrN4O/c1-8-4-10(14)7-11(5-8)17-13(19)9-2-3-16-12(6-9)18-15/h2-7H,15H2,1H3,(H,16,18)(H,17,19). The molecule has 0 bridgehead atoms. The van der Waals surface area contributed by atoms with Crippen LogP contribution in [0.5, 0.6) is 0 Å². The molecule has 6 heteroatoms. The van der Waals surface area contributed by atoms with E-state index in [0.29, 0.717) is 11.4 Å². The number of pyridine rings is 1. The molecule has 2 rings (SSSR count). The maximum Gasteiger partial charge on any atom is 0.255 e. The zero-order valence-corrected chi connectivity index (χ0v) is 11.9. The molecule has 0 saturated heterocycles. The van der Waals surface area contributed by atoms with Crippen molar-refractivity contribution in [1.82, 2.24) is 4.98 Å². The average Bonchev–Trinajstić information content (AvgIpc) is 2.37. The van der Waals surface area contributed by atoms with Gasteiger partial charge in [-0.15, -0.1) is 0 Å². The maximum atomic E-state index is 12.1. The second-order valence-electron chi connectivity index (χ2n) is 4.05. The minimum Gasteiger partial charge on any atom is -0.322 e. The third-order valence-corrected chi connectivity index (χ3v) is 2.93. The number of amides is 1. The Kier molecular flexibility index (Phi) is 4.13. The van der Waals surface area contributed by atoms with Crippen molar-refractivity contribution in [2.75, 3.05) is 10.7 Å². The molecule has 0 aliphatic carbocycles. The molecule has 0 saturated carbocycles. The molecule has 0 radical (unpaired) electrons. The number of nitrogens with one attached hydrogen (secondary N) is 2. The number of halogens is 1. The largest absolute Gasteiger partial charge is 0.322 e. The van der Waals surface area contributed by atoms with Crippen LogP contribution in [0.4, 0.5) is 11.5 Å². The number of hydrogen-bond donors (Lipinski definition) is 3. The van der Waals surface area contributed by atoms with Gasteiger partial charge in [0.2, 0.25) is 0 Å². The molecule has 1 amide bonds. The lowest BCUT2D eigenvalue weighted by atomic mass is 10.2. The zero-order chi connectivity index (χ0) is 13.8. The molecular formula is C13H13BrN4O.